The number of aromatic nitrogens is 4. The molecule has 1 atom stereocenters. The van der Waals surface area contributed by atoms with Gasteiger partial charge in [-0.3, -0.25) is 0 Å². The quantitative estimate of drug-likeness (QED) is 0.128. The second-order valence-electron chi connectivity index (χ2n) is 26.8. The Bertz CT molecular complexity index is 6530. The number of nitriles is 2. The predicted octanol–water partition coefficient (Wildman–Crippen LogP) is 23.1. The lowest BCUT2D eigenvalue weighted by Crippen LogP contribution is -2.28. The van der Waals surface area contributed by atoms with Crippen LogP contribution in [0.5, 0.6) is 0 Å². The number of hydrogen-bond donors (Lipinski definition) is 0. The van der Waals surface area contributed by atoms with Crippen LogP contribution in [0.25, 0.3) is 138 Å². The summed E-state index contributed by atoms with van der Waals surface area (Å²) in [6.45, 7) is 7.18. The minimum Gasteiger partial charge on any atom is -0.306 e. The maximum Gasteiger partial charge on any atom is 0.103 e. The van der Waals surface area contributed by atoms with E-state index in [0.29, 0.717) is 11.4 Å². The van der Waals surface area contributed by atoms with E-state index in [9.17, 15) is 10.5 Å². The molecular formula is C94H60N6. The molecule has 20 rings (SSSR count). The van der Waals surface area contributed by atoms with Crippen LogP contribution in [0.1, 0.15) is 68.5 Å². The van der Waals surface area contributed by atoms with Gasteiger partial charge in [0, 0.05) is 43.1 Å². The van der Waals surface area contributed by atoms with Crippen LogP contribution in [0, 0.1) is 22.7 Å². The first-order valence-corrected chi connectivity index (χ1v) is 34.4. The van der Waals surface area contributed by atoms with E-state index in [0.717, 1.165) is 133 Å². The first-order valence-electron chi connectivity index (χ1n) is 34.4. The lowest BCUT2D eigenvalue weighted by molar-refractivity contribution is 0.769. The highest BCUT2D eigenvalue weighted by Gasteiger charge is 2.47. The van der Waals surface area contributed by atoms with Gasteiger partial charge in [-0.2, -0.15) is 10.5 Å². The number of hydrogen-bond acceptors (Lipinski definition) is 2. The molecule has 4 heterocycles. The summed E-state index contributed by atoms with van der Waals surface area (Å²) in [7, 11) is 0. The molecule has 0 saturated heterocycles. The maximum absolute atomic E-state index is 13.0. The van der Waals surface area contributed by atoms with Crippen LogP contribution in [0.2, 0.25) is 0 Å². The Morgan fingerprint density at radius 2 is 0.790 bits per heavy atom. The van der Waals surface area contributed by atoms with Crippen molar-refractivity contribution in [2.45, 2.75) is 24.7 Å². The molecule has 0 radical (unpaired) electrons. The number of benzene rings is 14. The Balaban J connectivity index is 1.01. The van der Waals surface area contributed by atoms with Crippen LogP contribution in [0.15, 0.2) is 322 Å². The topological polar surface area (TPSA) is 67.3 Å². The number of para-hydroxylation sites is 6. The number of rotatable bonds is 10. The van der Waals surface area contributed by atoms with E-state index >= 15 is 0 Å². The van der Waals surface area contributed by atoms with E-state index in [1.807, 2.05) is 0 Å². The molecule has 6 nitrogen and oxygen atoms in total. The van der Waals surface area contributed by atoms with Gasteiger partial charge in [0.05, 0.1) is 83.4 Å². The molecule has 0 bridgehead atoms. The van der Waals surface area contributed by atoms with E-state index in [2.05, 4.69) is 353 Å². The van der Waals surface area contributed by atoms with Crippen LogP contribution >= 0.6 is 0 Å². The molecule has 466 valence electrons. The van der Waals surface area contributed by atoms with Crippen molar-refractivity contribution in [2.24, 2.45) is 0 Å². The highest BCUT2D eigenvalue weighted by atomic mass is 15.1. The third kappa shape index (κ3) is 7.76. The molecule has 14 aromatic carbocycles. The summed E-state index contributed by atoms with van der Waals surface area (Å²) in [5.74, 6) is 0.121. The molecule has 4 aromatic heterocycles. The maximum atomic E-state index is 13.0. The molecule has 18 aromatic rings. The van der Waals surface area contributed by atoms with Crippen LogP contribution in [-0.4, -0.2) is 18.3 Å². The predicted molar refractivity (Wildman–Crippen MR) is 412 cm³/mol. The van der Waals surface area contributed by atoms with Crippen molar-refractivity contribution in [2.75, 3.05) is 0 Å². The third-order valence-corrected chi connectivity index (χ3v) is 21.9. The largest absolute Gasteiger partial charge is 0.306 e. The SMILES string of the molecule is C=C(/C=C\C(C)c1ccccc1)c1cc2c(c3c1Cc1ccccc1-3)c1ccccc1n2-c1c(C#N)c(C#N)c(-n2c3ccccc3c3c4c(ccc32)C(c2ccccc2)(c2ccccc2)c2ccccc2-4)c(-n2c3ccccc3c3ccccc32)c1-n1c2ccccc2c2ccccc21. The van der Waals surface area contributed by atoms with Crippen molar-refractivity contribution in [1.82, 2.24) is 18.3 Å². The molecule has 100 heavy (non-hydrogen) atoms. The summed E-state index contributed by atoms with van der Waals surface area (Å²) in [6.07, 6.45) is 5.19. The van der Waals surface area contributed by atoms with Gasteiger partial charge in [0.25, 0.3) is 0 Å². The van der Waals surface area contributed by atoms with E-state index in [1.54, 1.807) is 0 Å². The summed E-state index contributed by atoms with van der Waals surface area (Å²) in [5.41, 5.74) is 24.7. The molecule has 0 amide bonds. The van der Waals surface area contributed by atoms with Gasteiger partial charge in [-0.25, -0.2) is 0 Å². The lowest BCUT2D eigenvalue weighted by Gasteiger charge is -2.33. The summed E-state index contributed by atoms with van der Waals surface area (Å²) in [6, 6.07) is 115. The smallest absolute Gasteiger partial charge is 0.103 e. The first-order chi connectivity index (χ1) is 49.5. The third-order valence-electron chi connectivity index (χ3n) is 21.9. The first kappa shape index (κ1) is 57.0. The average Bonchev–Trinajstić information content (AvgIpc) is 1.51. The van der Waals surface area contributed by atoms with E-state index < -0.39 is 5.41 Å². The molecular weight excluding hydrogens is 1210 g/mol. The van der Waals surface area contributed by atoms with Crippen molar-refractivity contribution >= 4 is 92.8 Å². The van der Waals surface area contributed by atoms with Crippen molar-refractivity contribution < 1.29 is 0 Å². The number of allylic oxidation sites excluding steroid dienone is 3. The fourth-order valence-corrected chi connectivity index (χ4v) is 17.8. The normalized spacial score (nSPS) is 13.2. The highest BCUT2D eigenvalue weighted by Crippen LogP contribution is 2.60. The van der Waals surface area contributed by atoms with Crippen LogP contribution in [0.3, 0.4) is 0 Å². The Kier molecular flexibility index (Phi) is 12.5. The van der Waals surface area contributed by atoms with Gasteiger partial charge >= 0.3 is 0 Å². The van der Waals surface area contributed by atoms with Gasteiger partial charge < -0.3 is 18.3 Å². The molecule has 0 saturated carbocycles. The van der Waals surface area contributed by atoms with Crippen molar-refractivity contribution in [1.29, 1.82) is 10.5 Å². The molecule has 0 aliphatic heterocycles. The Morgan fingerprint density at radius 3 is 1.30 bits per heavy atom. The molecule has 0 spiro atoms. The standard InChI is InChI=1S/C94H60N6/c1-58(60-28-6-3-7-29-60)50-51-59(2)72-55-85-89(86-64-35-13-12-30-61(64)54-73(72)86)71-42-20-27-49-83(71)100(85)91-75(57-96)74(56-95)90(92(97-78-44-22-15-36-65(78)66-37-16-23-45-79(66)97)93(91)98-80-46-24-17-38-67(80)68-39-18-25-47-81(68)98)99-82-48-26-19-41-70(82)88-84(99)53-52-77-87(88)69-40-14-21-43-76(69)94(77,62-31-8-4-9-32-62)63-33-10-5-11-34-63/h3-53,55,58H,2,54H2,1H3/b51-50-. The van der Waals surface area contributed by atoms with E-state index in [-0.39, 0.29) is 17.0 Å². The Hall–Kier alpha value is -13.3. The average molecular weight is 1270 g/mol. The van der Waals surface area contributed by atoms with Crippen molar-refractivity contribution in [3.63, 3.8) is 0 Å². The van der Waals surface area contributed by atoms with E-state index in [4.69, 9.17) is 6.58 Å². The monoisotopic (exact) mass is 1270 g/mol. The fourth-order valence-electron chi connectivity index (χ4n) is 17.8. The Morgan fingerprint density at radius 1 is 0.390 bits per heavy atom. The Labute approximate surface area is 577 Å². The van der Waals surface area contributed by atoms with Crippen LogP contribution < -0.4 is 0 Å². The lowest BCUT2D eigenvalue weighted by atomic mass is 9.67. The van der Waals surface area contributed by atoms with Gasteiger partial charge in [0.2, 0.25) is 0 Å². The van der Waals surface area contributed by atoms with Crippen molar-refractivity contribution in [3.8, 4) is 57.1 Å². The zero-order valence-corrected chi connectivity index (χ0v) is 54.7. The summed E-state index contributed by atoms with van der Waals surface area (Å²) in [5, 5.41) is 34.5. The molecule has 0 N–H and O–H groups in total. The summed E-state index contributed by atoms with van der Waals surface area (Å²) in [4.78, 5) is 0. The minimum atomic E-state index is -0.690. The minimum absolute atomic E-state index is 0.121. The van der Waals surface area contributed by atoms with Gasteiger partial charge in [-0.1, -0.05) is 280 Å². The number of fused-ring (bicyclic) bond motifs is 20. The van der Waals surface area contributed by atoms with Gasteiger partial charge in [-0.05, 0) is 133 Å². The van der Waals surface area contributed by atoms with E-state index in [1.165, 1.54) is 44.5 Å². The van der Waals surface area contributed by atoms with Gasteiger partial charge in [-0.15, -0.1) is 0 Å². The summed E-state index contributed by atoms with van der Waals surface area (Å²) >= 11 is 0. The highest BCUT2D eigenvalue weighted by molar-refractivity contribution is 6.22. The fraction of sp³-hybridized carbons (Fsp3) is 0.0426. The van der Waals surface area contributed by atoms with Gasteiger partial charge in [0.15, 0.2) is 0 Å². The van der Waals surface area contributed by atoms with Crippen LogP contribution in [-0.2, 0) is 11.8 Å². The number of nitrogens with zero attached hydrogens (tertiary/aromatic N) is 6. The van der Waals surface area contributed by atoms with Crippen LogP contribution in [0.4, 0.5) is 0 Å². The molecule has 6 heteroatoms. The molecule has 2 aliphatic rings. The zero-order chi connectivity index (χ0) is 66.5. The zero-order valence-electron chi connectivity index (χ0n) is 54.7. The second kappa shape index (κ2) is 21.9. The van der Waals surface area contributed by atoms with Crippen molar-refractivity contribution in [3.05, 3.63) is 378 Å². The van der Waals surface area contributed by atoms with Gasteiger partial charge in [0.1, 0.15) is 12.1 Å². The second-order valence-corrected chi connectivity index (χ2v) is 26.8. The molecule has 1 unspecified atom stereocenters. The molecule has 0 fully saturated rings. The molecule has 2 aliphatic carbocycles. The summed E-state index contributed by atoms with van der Waals surface area (Å²) < 4.78 is 9.52.